The molecule has 1 aliphatic heterocycles. The molecule has 1 aromatic heterocycles. The van der Waals surface area contributed by atoms with Gasteiger partial charge in [-0.2, -0.15) is 5.11 Å². The molecule has 0 spiro atoms. The van der Waals surface area contributed by atoms with Gasteiger partial charge >= 0.3 is 5.97 Å². The number of carboxylic acid groups (broad SMARTS) is 1. The predicted octanol–water partition coefficient (Wildman–Crippen LogP) is 3.62. The molecule has 2 heterocycles. The largest absolute Gasteiger partial charge is 0.475 e. The average Bonchev–Trinajstić information content (AvgIpc) is 2.87. The van der Waals surface area contributed by atoms with E-state index in [4.69, 9.17) is 9.52 Å². The van der Waals surface area contributed by atoms with E-state index < -0.39 is 5.97 Å². The molecule has 0 radical (unpaired) electrons. The number of fused-ring (bicyclic) bond motifs is 1. The summed E-state index contributed by atoms with van der Waals surface area (Å²) in [6.45, 7) is 0.569. The Hall–Kier alpha value is -2.08. The Kier molecular flexibility index (Phi) is 2.64. The van der Waals surface area contributed by atoms with E-state index >= 15 is 0 Å². The zero-order valence-electron chi connectivity index (χ0n) is 9.16. The zero-order valence-corrected chi connectivity index (χ0v) is 9.98. The number of furan rings is 1. The van der Waals surface area contributed by atoms with Crippen LogP contribution in [0.25, 0.3) is 11.1 Å². The second kappa shape index (κ2) is 4.30. The lowest BCUT2D eigenvalue weighted by Crippen LogP contribution is -1.96. The fraction of sp³-hybridized carbons (Fsp3) is 0.0833. The Bertz CT molecular complexity index is 649. The molecule has 2 aromatic rings. The van der Waals surface area contributed by atoms with Gasteiger partial charge in [0.25, 0.3) is 0 Å². The highest BCUT2D eigenvalue weighted by atomic mass is 32.2. The molecular formula is C12H8N2O3S. The molecule has 0 bridgehead atoms. The third kappa shape index (κ3) is 1.80. The molecule has 0 aliphatic carbocycles. The van der Waals surface area contributed by atoms with Gasteiger partial charge in [0, 0.05) is 22.4 Å². The van der Waals surface area contributed by atoms with E-state index in [9.17, 15) is 4.79 Å². The van der Waals surface area contributed by atoms with E-state index in [1.165, 1.54) is 18.2 Å². The van der Waals surface area contributed by atoms with Crippen LogP contribution in [0.1, 0.15) is 16.1 Å². The van der Waals surface area contributed by atoms with Crippen molar-refractivity contribution in [3.63, 3.8) is 0 Å². The Morgan fingerprint density at radius 2 is 2.28 bits per heavy atom. The van der Waals surface area contributed by atoms with Gasteiger partial charge in [-0.25, -0.2) is 4.79 Å². The van der Waals surface area contributed by atoms with Crippen molar-refractivity contribution in [2.24, 2.45) is 9.63 Å². The van der Waals surface area contributed by atoms with Crippen molar-refractivity contribution in [1.82, 2.24) is 0 Å². The Balaban J connectivity index is 2.08. The third-order valence-electron chi connectivity index (χ3n) is 2.68. The van der Waals surface area contributed by atoms with Crippen molar-refractivity contribution < 1.29 is 14.3 Å². The van der Waals surface area contributed by atoms with Crippen molar-refractivity contribution in [3.05, 3.63) is 41.9 Å². The highest BCUT2D eigenvalue weighted by Crippen LogP contribution is 2.34. The first-order valence-corrected chi connectivity index (χ1v) is 6.01. The SMILES string of the molecule is O=C(O)c1occc1-c1ccc2c(c1)SN=NC2. The van der Waals surface area contributed by atoms with Gasteiger partial charge in [-0.05, 0) is 23.3 Å². The van der Waals surface area contributed by atoms with Gasteiger partial charge in [0.1, 0.15) is 0 Å². The van der Waals surface area contributed by atoms with E-state index in [0.717, 1.165) is 16.0 Å². The summed E-state index contributed by atoms with van der Waals surface area (Å²) in [5, 5.41) is 13.0. The normalized spacial score (nSPS) is 13.3. The van der Waals surface area contributed by atoms with E-state index in [1.807, 2.05) is 18.2 Å². The molecule has 1 N–H and O–H groups in total. The molecule has 0 fully saturated rings. The monoisotopic (exact) mass is 260 g/mol. The van der Waals surface area contributed by atoms with Crippen LogP contribution in [0.3, 0.4) is 0 Å². The van der Waals surface area contributed by atoms with Gasteiger partial charge in [-0.3, -0.25) is 0 Å². The van der Waals surface area contributed by atoms with Crippen molar-refractivity contribution in [1.29, 1.82) is 0 Å². The van der Waals surface area contributed by atoms with Crippen LogP contribution in [0.15, 0.2) is 49.5 Å². The van der Waals surface area contributed by atoms with Crippen molar-refractivity contribution >= 4 is 17.9 Å². The first-order chi connectivity index (χ1) is 8.75. The van der Waals surface area contributed by atoms with Gasteiger partial charge in [-0.15, -0.1) is 4.52 Å². The number of nitrogens with zero attached hydrogens (tertiary/aromatic N) is 2. The summed E-state index contributed by atoms with van der Waals surface area (Å²) < 4.78 is 8.88. The maximum atomic E-state index is 11.0. The lowest BCUT2D eigenvalue weighted by atomic mass is 10.0. The van der Waals surface area contributed by atoms with Crippen molar-refractivity contribution in [2.45, 2.75) is 11.4 Å². The van der Waals surface area contributed by atoms with Crippen LogP contribution in [0.2, 0.25) is 0 Å². The summed E-state index contributed by atoms with van der Waals surface area (Å²) in [4.78, 5) is 12.0. The van der Waals surface area contributed by atoms with Crippen LogP contribution < -0.4 is 0 Å². The number of aromatic carboxylic acids is 1. The quantitative estimate of drug-likeness (QED) is 0.837. The molecule has 1 aliphatic rings. The van der Waals surface area contributed by atoms with Crippen molar-refractivity contribution in [2.75, 3.05) is 0 Å². The molecule has 5 nitrogen and oxygen atoms in total. The van der Waals surface area contributed by atoms with Gasteiger partial charge in [-0.1, -0.05) is 12.1 Å². The second-order valence-corrected chi connectivity index (χ2v) is 4.55. The summed E-state index contributed by atoms with van der Waals surface area (Å²) in [7, 11) is 0. The number of rotatable bonds is 2. The summed E-state index contributed by atoms with van der Waals surface area (Å²) >= 11 is 1.29. The van der Waals surface area contributed by atoms with E-state index in [1.54, 1.807) is 6.07 Å². The molecular weight excluding hydrogens is 252 g/mol. The number of carbonyl (C=O) groups is 1. The van der Waals surface area contributed by atoms with Crippen molar-refractivity contribution in [3.8, 4) is 11.1 Å². The molecule has 0 saturated carbocycles. The van der Waals surface area contributed by atoms with Crippen LogP contribution in [0.4, 0.5) is 0 Å². The number of benzene rings is 1. The van der Waals surface area contributed by atoms with Crippen LogP contribution >= 0.6 is 11.9 Å². The maximum absolute atomic E-state index is 11.0. The molecule has 3 rings (SSSR count). The zero-order chi connectivity index (χ0) is 12.5. The predicted molar refractivity (Wildman–Crippen MR) is 65.5 cm³/mol. The standard InChI is InChI=1S/C12H8N2O3S/c15-12(16)11-9(3-4-17-11)7-1-2-8-6-13-14-18-10(8)5-7/h1-5H,6H2,(H,15,16). The maximum Gasteiger partial charge on any atom is 0.372 e. The summed E-state index contributed by atoms with van der Waals surface area (Å²) in [5.74, 6) is -1.11. The molecule has 0 atom stereocenters. The highest BCUT2D eigenvalue weighted by Gasteiger charge is 2.17. The molecule has 1 aromatic carbocycles. The van der Waals surface area contributed by atoms with Gasteiger partial charge in [0.05, 0.1) is 12.8 Å². The molecule has 18 heavy (non-hydrogen) atoms. The topological polar surface area (TPSA) is 75.2 Å². The third-order valence-corrected chi connectivity index (χ3v) is 3.45. The van der Waals surface area contributed by atoms with Gasteiger partial charge in [0.2, 0.25) is 5.76 Å². The van der Waals surface area contributed by atoms with Crippen LogP contribution in [-0.2, 0) is 6.54 Å². The van der Waals surface area contributed by atoms with Crippen LogP contribution in [0.5, 0.6) is 0 Å². The first kappa shape index (κ1) is 11.0. The fourth-order valence-electron chi connectivity index (χ4n) is 1.82. The Morgan fingerprint density at radius 1 is 1.39 bits per heavy atom. The fourth-order valence-corrected chi connectivity index (χ4v) is 2.45. The molecule has 90 valence electrons. The Labute approximate surface area is 107 Å². The number of hydrogen-bond donors (Lipinski definition) is 1. The minimum atomic E-state index is -1.07. The number of hydrogen-bond acceptors (Lipinski definition) is 5. The Morgan fingerprint density at radius 3 is 3.11 bits per heavy atom. The molecule has 6 heteroatoms. The second-order valence-electron chi connectivity index (χ2n) is 3.76. The summed E-state index contributed by atoms with van der Waals surface area (Å²) in [6.07, 6.45) is 1.38. The molecule has 0 unspecified atom stereocenters. The van der Waals surface area contributed by atoms with Gasteiger partial charge in [0.15, 0.2) is 0 Å². The number of carboxylic acids is 1. The summed E-state index contributed by atoms with van der Waals surface area (Å²) in [5.41, 5.74) is 2.48. The van der Waals surface area contributed by atoms with E-state index in [-0.39, 0.29) is 5.76 Å². The lowest BCUT2D eigenvalue weighted by molar-refractivity contribution is 0.0663. The van der Waals surface area contributed by atoms with Gasteiger partial charge < -0.3 is 9.52 Å². The minimum Gasteiger partial charge on any atom is -0.475 e. The van der Waals surface area contributed by atoms with E-state index in [0.29, 0.717) is 12.1 Å². The lowest BCUT2D eigenvalue weighted by Gasteiger charge is -2.09. The molecule has 0 saturated heterocycles. The van der Waals surface area contributed by atoms with E-state index in [2.05, 4.69) is 9.63 Å². The average molecular weight is 260 g/mol. The van der Waals surface area contributed by atoms with Crippen LogP contribution in [-0.4, -0.2) is 11.1 Å². The molecule has 0 amide bonds. The minimum absolute atomic E-state index is 0.0441. The summed E-state index contributed by atoms with van der Waals surface area (Å²) in [6, 6.07) is 7.38. The first-order valence-electron chi connectivity index (χ1n) is 5.23. The smallest absolute Gasteiger partial charge is 0.372 e. The van der Waals surface area contributed by atoms with Crippen LogP contribution in [0, 0.1) is 0 Å². The highest BCUT2D eigenvalue weighted by molar-refractivity contribution is 7.98.